The van der Waals surface area contributed by atoms with E-state index < -0.39 is 18.3 Å². The summed E-state index contributed by atoms with van der Waals surface area (Å²) in [4.78, 5) is 3.80. The summed E-state index contributed by atoms with van der Waals surface area (Å²) in [5.41, 5.74) is 0.549. The summed E-state index contributed by atoms with van der Waals surface area (Å²) >= 11 is 0. The zero-order valence-corrected chi connectivity index (χ0v) is 6.33. The minimum atomic E-state index is -1.10. The largest absolute Gasteiger partial charge is 0.388 e. The van der Waals surface area contributed by atoms with Crippen molar-refractivity contribution in [1.82, 2.24) is 9.55 Å². The van der Waals surface area contributed by atoms with Gasteiger partial charge in [0.25, 0.3) is 0 Å². The zero-order valence-electron chi connectivity index (χ0n) is 6.33. The van der Waals surface area contributed by atoms with Gasteiger partial charge in [-0.3, -0.25) is 0 Å². The number of aliphatic hydroxyl groups excluding tert-OH is 3. The highest BCUT2D eigenvalue weighted by Gasteiger charge is 2.33. The van der Waals surface area contributed by atoms with Crippen LogP contribution in [0.4, 0.5) is 0 Å². The van der Waals surface area contributed by atoms with E-state index in [1.807, 2.05) is 0 Å². The number of fused-ring (bicyclic) bond motifs is 1. The van der Waals surface area contributed by atoms with Crippen LogP contribution in [0.25, 0.3) is 0 Å². The number of rotatable bonds is 0. The van der Waals surface area contributed by atoms with Crippen LogP contribution in [-0.2, 0) is 6.54 Å². The molecule has 0 amide bonds. The third-order valence-electron chi connectivity index (χ3n) is 2.15. The average molecular weight is 170 g/mol. The fraction of sp³-hybridized carbons (Fsp3) is 0.571. The quantitative estimate of drug-likeness (QED) is 0.450. The Morgan fingerprint density at radius 2 is 2.17 bits per heavy atom. The molecule has 0 aromatic carbocycles. The fourth-order valence-corrected chi connectivity index (χ4v) is 1.42. The Kier molecular flexibility index (Phi) is 1.64. The standard InChI is InChI=1S/C7H10N2O3/c10-5-2-9-3-8-1-4(9)6(11)7(5)12/h1,3,5-7,10-12H,2H2/t5-,6-,7+/m1/s1. The SMILES string of the molecule is O[C@H]1[C@H](O)Cn2cncc2[C@H]1O. The molecule has 66 valence electrons. The van der Waals surface area contributed by atoms with E-state index in [1.54, 1.807) is 4.57 Å². The average Bonchev–Trinajstić information content (AvgIpc) is 2.48. The molecule has 2 heterocycles. The second kappa shape index (κ2) is 2.55. The summed E-state index contributed by atoms with van der Waals surface area (Å²) in [5, 5.41) is 27.9. The first-order chi connectivity index (χ1) is 5.70. The molecule has 0 spiro atoms. The first-order valence-electron chi connectivity index (χ1n) is 3.74. The number of hydrogen-bond donors (Lipinski definition) is 3. The summed E-state index contributed by atoms with van der Waals surface area (Å²) < 4.78 is 1.63. The Balaban J connectivity index is 2.39. The number of aromatic nitrogens is 2. The van der Waals surface area contributed by atoms with Gasteiger partial charge in [-0.1, -0.05) is 0 Å². The molecule has 0 aliphatic carbocycles. The normalized spacial score (nSPS) is 34.8. The van der Waals surface area contributed by atoms with Crippen molar-refractivity contribution in [3.63, 3.8) is 0 Å². The summed E-state index contributed by atoms with van der Waals surface area (Å²) in [5.74, 6) is 0. The van der Waals surface area contributed by atoms with Crippen molar-refractivity contribution >= 4 is 0 Å². The molecule has 1 aliphatic heterocycles. The smallest absolute Gasteiger partial charge is 0.124 e. The van der Waals surface area contributed by atoms with Gasteiger partial charge in [0.15, 0.2) is 0 Å². The van der Waals surface area contributed by atoms with Crippen LogP contribution in [0.1, 0.15) is 11.8 Å². The predicted octanol–water partition coefficient (Wildman–Crippen LogP) is -1.35. The van der Waals surface area contributed by atoms with E-state index in [1.165, 1.54) is 12.5 Å². The second-order valence-electron chi connectivity index (χ2n) is 2.97. The minimum Gasteiger partial charge on any atom is -0.388 e. The molecule has 2 rings (SSSR count). The van der Waals surface area contributed by atoms with Gasteiger partial charge in [0, 0.05) is 0 Å². The highest BCUT2D eigenvalue weighted by Crippen LogP contribution is 2.24. The molecular formula is C7H10N2O3. The monoisotopic (exact) mass is 170 g/mol. The summed E-state index contributed by atoms with van der Waals surface area (Å²) in [6.45, 7) is 0.285. The van der Waals surface area contributed by atoms with Crippen molar-refractivity contribution < 1.29 is 15.3 Å². The molecule has 0 saturated carbocycles. The first kappa shape index (κ1) is 7.72. The lowest BCUT2D eigenvalue weighted by molar-refractivity contribution is -0.0834. The van der Waals surface area contributed by atoms with Crippen molar-refractivity contribution in [2.24, 2.45) is 0 Å². The molecular weight excluding hydrogens is 160 g/mol. The molecule has 0 bridgehead atoms. The lowest BCUT2D eigenvalue weighted by Crippen LogP contribution is -2.40. The van der Waals surface area contributed by atoms with Crippen LogP contribution in [0.15, 0.2) is 12.5 Å². The van der Waals surface area contributed by atoms with Gasteiger partial charge >= 0.3 is 0 Å². The maximum absolute atomic E-state index is 9.42. The summed E-state index contributed by atoms with van der Waals surface area (Å²) in [6, 6.07) is 0. The Hall–Kier alpha value is -0.910. The molecule has 1 aromatic heterocycles. The Bertz CT molecular complexity index is 286. The maximum Gasteiger partial charge on any atom is 0.124 e. The number of aliphatic hydroxyl groups is 3. The summed E-state index contributed by atoms with van der Waals surface area (Å²) in [7, 11) is 0. The number of hydrogen-bond acceptors (Lipinski definition) is 4. The van der Waals surface area contributed by atoms with E-state index in [9.17, 15) is 15.3 Å². The molecule has 0 unspecified atom stereocenters. The van der Waals surface area contributed by atoms with Crippen LogP contribution in [0.5, 0.6) is 0 Å². The van der Waals surface area contributed by atoms with E-state index in [4.69, 9.17) is 0 Å². The highest BCUT2D eigenvalue weighted by molar-refractivity contribution is 5.09. The van der Waals surface area contributed by atoms with E-state index >= 15 is 0 Å². The molecule has 12 heavy (non-hydrogen) atoms. The molecule has 1 aromatic rings. The van der Waals surface area contributed by atoms with Crippen LogP contribution in [0.3, 0.4) is 0 Å². The van der Waals surface area contributed by atoms with Crippen LogP contribution >= 0.6 is 0 Å². The van der Waals surface area contributed by atoms with Gasteiger partial charge in [-0.2, -0.15) is 0 Å². The van der Waals surface area contributed by atoms with Crippen molar-refractivity contribution in [3.05, 3.63) is 18.2 Å². The van der Waals surface area contributed by atoms with Crippen LogP contribution in [0, 0.1) is 0 Å². The van der Waals surface area contributed by atoms with E-state index in [0.717, 1.165) is 0 Å². The minimum absolute atomic E-state index is 0.285. The van der Waals surface area contributed by atoms with Gasteiger partial charge in [-0.05, 0) is 0 Å². The Morgan fingerprint density at radius 1 is 1.42 bits per heavy atom. The maximum atomic E-state index is 9.42. The van der Waals surface area contributed by atoms with Crippen molar-refractivity contribution in [1.29, 1.82) is 0 Å². The predicted molar refractivity (Wildman–Crippen MR) is 39.2 cm³/mol. The van der Waals surface area contributed by atoms with Crippen LogP contribution < -0.4 is 0 Å². The van der Waals surface area contributed by atoms with Gasteiger partial charge in [-0.15, -0.1) is 0 Å². The van der Waals surface area contributed by atoms with E-state index in [-0.39, 0.29) is 6.54 Å². The van der Waals surface area contributed by atoms with E-state index in [0.29, 0.717) is 5.69 Å². The van der Waals surface area contributed by atoms with Crippen molar-refractivity contribution in [2.45, 2.75) is 24.9 Å². The zero-order chi connectivity index (χ0) is 8.72. The van der Waals surface area contributed by atoms with Gasteiger partial charge in [-0.25, -0.2) is 4.98 Å². The molecule has 5 nitrogen and oxygen atoms in total. The van der Waals surface area contributed by atoms with Crippen LogP contribution in [0.2, 0.25) is 0 Å². The molecule has 1 aliphatic rings. The number of nitrogens with zero attached hydrogens (tertiary/aromatic N) is 2. The van der Waals surface area contributed by atoms with E-state index in [2.05, 4.69) is 4.98 Å². The van der Waals surface area contributed by atoms with Gasteiger partial charge in [0.05, 0.1) is 24.8 Å². The Morgan fingerprint density at radius 3 is 2.92 bits per heavy atom. The Labute approximate surface area is 68.9 Å². The van der Waals surface area contributed by atoms with Crippen LogP contribution in [-0.4, -0.2) is 37.1 Å². The van der Waals surface area contributed by atoms with Gasteiger partial charge < -0.3 is 19.9 Å². The van der Waals surface area contributed by atoms with Gasteiger partial charge in [0.1, 0.15) is 18.3 Å². The third kappa shape index (κ3) is 0.945. The lowest BCUT2D eigenvalue weighted by atomic mass is 10.0. The summed E-state index contributed by atoms with van der Waals surface area (Å²) in [6.07, 6.45) is -0.0416. The lowest BCUT2D eigenvalue weighted by Gasteiger charge is -2.29. The van der Waals surface area contributed by atoms with Crippen molar-refractivity contribution in [3.8, 4) is 0 Å². The molecule has 0 fully saturated rings. The number of imidazole rings is 1. The first-order valence-corrected chi connectivity index (χ1v) is 3.74. The molecule has 3 atom stereocenters. The van der Waals surface area contributed by atoms with Crippen molar-refractivity contribution in [2.75, 3.05) is 0 Å². The molecule has 0 saturated heterocycles. The topological polar surface area (TPSA) is 78.5 Å². The fourth-order valence-electron chi connectivity index (χ4n) is 1.42. The molecule has 0 radical (unpaired) electrons. The second-order valence-corrected chi connectivity index (χ2v) is 2.97. The highest BCUT2D eigenvalue weighted by atomic mass is 16.4. The third-order valence-corrected chi connectivity index (χ3v) is 2.15. The molecule has 5 heteroatoms. The van der Waals surface area contributed by atoms with Gasteiger partial charge in [0.2, 0.25) is 0 Å². The molecule has 3 N–H and O–H groups in total.